The number of ether oxygens (including phenoxy) is 1. The normalized spacial score (nSPS) is 12.4. The maximum absolute atomic E-state index is 9.98. The summed E-state index contributed by atoms with van der Waals surface area (Å²) in [5, 5.41) is 11.2. The molecule has 0 fully saturated rings. The van der Waals surface area contributed by atoms with Gasteiger partial charge in [-0.25, -0.2) is 9.97 Å². The molecule has 0 saturated carbocycles. The van der Waals surface area contributed by atoms with Crippen LogP contribution in [0.25, 0.3) is 27.8 Å². The van der Waals surface area contributed by atoms with Crippen LogP contribution in [0.3, 0.4) is 0 Å². The number of likely N-dealkylation sites (N-methyl/N-ethyl adjacent to an activating group) is 1. The highest BCUT2D eigenvalue weighted by molar-refractivity contribution is 6.35. The Hall–Kier alpha value is -2.93. The van der Waals surface area contributed by atoms with Crippen LogP contribution in [-0.2, 0) is 0 Å². The fourth-order valence-electron chi connectivity index (χ4n) is 3.43. The molecule has 0 saturated heterocycles. The molecule has 0 aliphatic rings. The molecule has 2 aromatic carbocycles. The highest BCUT2D eigenvalue weighted by atomic mass is 35.5. The van der Waals surface area contributed by atoms with Gasteiger partial charge in [-0.2, -0.15) is 0 Å². The smallest absolute Gasteiger partial charge is 0.150 e. The molecule has 30 heavy (non-hydrogen) atoms. The largest absolute Gasteiger partial charge is 0.491 e. The number of aliphatic hydroxyl groups is 1. The number of benzene rings is 2. The second-order valence-corrected chi connectivity index (χ2v) is 7.72. The Labute approximate surface area is 180 Å². The molecule has 0 aliphatic heterocycles. The molecule has 7 heteroatoms. The third kappa shape index (κ3) is 4.31. The molecule has 1 atom stereocenters. The van der Waals surface area contributed by atoms with Crippen molar-refractivity contribution in [1.29, 1.82) is 0 Å². The van der Waals surface area contributed by atoms with E-state index in [4.69, 9.17) is 16.3 Å². The van der Waals surface area contributed by atoms with Crippen LogP contribution in [0.4, 0.5) is 0 Å². The summed E-state index contributed by atoms with van der Waals surface area (Å²) < 4.78 is 7.73. The van der Waals surface area contributed by atoms with Gasteiger partial charge in [0, 0.05) is 24.0 Å². The molecule has 0 radical (unpaired) electrons. The van der Waals surface area contributed by atoms with Gasteiger partial charge in [-0.15, -0.1) is 0 Å². The molecule has 2 aromatic heterocycles. The Kier molecular flexibility index (Phi) is 5.99. The number of aliphatic hydroxyl groups excluding tert-OH is 1. The van der Waals surface area contributed by atoms with Crippen molar-refractivity contribution in [2.75, 3.05) is 27.2 Å². The molecular formula is C23H23ClN4O2. The van der Waals surface area contributed by atoms with E-state index in [2.05, 4.69) is 9.97 Å². The van der Waals surface area contributed by atoms with E-state index in [1.54, 1.807) is 0 Å². The van der Waals surface area contributed by atoms with Gasteiger partial charge in [-0.1, -0.05) is 41.9 Å². The molecule has 4 aromatic rings. The monoisotopic (exact) mass is 422 g/mol. The van der Waals surface area contributed by atoms with Crippen LogP contribution in [0.15, 0.2) is 67.1 Å². The van der Waals surface area contributed by atoms with Crippen molar-refractivity contribution >= 4 is 22.6 Å². The fourth-order valence-corrected chi connectivity index (χ4v) is 3.66. The zero-order valence-corrected chi connectivity index (χ0v) is 17.6. The molecule has 1 N–H and O–H groups in total. The van der Waals surface area contributed by atoms with Gasteiger partial charge in [0.25, 0.3) is 0 Å². The molecule has 6 nitrogen and oxygen atoms in total. The van der Waals surface area contributed by atoms with Crippen LogP contribution < -0.4 is 4.74 Å². The first kappa shape index (κ1) is 20.3. The molecule has 0 bridgehead atoms. The van der Waals surface area contributed by atoms with Crippen LogP contribution in [0.5, 0.6) is 5.75 Å². The van der Waals surface area contributed by atoms with Gasteiger partial charge in [0.15, 0.2) is 0 Å². The molecule has 4 rings (SSSR count). The fraction of sp³-hybridized carbons (Fsp3) is 0.217. The molecular weight excluding hydrogens is 400 g/mol. The summed E-state index contributed by atoms with van der Waals surface area (Å²) in [6.45, 7) is 0.792. The van der Waals surface area contributed by atoms with E-state index in [9.17, 15) is 5.11 Å². The number of hydrogen-bond acceptors (Lipinski definition) is 5. The van der Waals surface area contributed by atoms with E-state index in [1.807, 2.05) is 84.4 Å². The van der Waals surface area contributed by atoms with Gasteiger partial charge < -0.3 is 19.3 Å². The minimum absolute atomic E-state index is 0.241. The van der Waals surface area contributed by atoms with E-state index in [1.165, 1.54) is 6.33 Å². The van der Waals surface area contributed by atoms with Gasteiger partial charge in [0.05, 0.1) is 5.39 Å². The summed E-state index contributed by atoms with van der Waals surface area (Å²) in [5.74, 6) is 0.700. The molecule has 154 valence electrons. The van der Waals surface area contributed by atoms with Crippen molar-refractivity contribution in [2.45, 2.75) is 6.10 Å². The van der Waals surface area contributed by atoms with Crippen molar-refractivity contribution in [2.24, 2.45) is 0 Å². The Morgan fingerprint density at radius 3 is 2.50 bits per heavy atom. The van der Waals surface area contributed by atoms with E-state index in [-0.39, 0.29) is 6.61 Å². The maximum atomic E-state index is 9.98. The Morgan fingerprint density at radius 2 is 1.80 bits per heavy atom. The lowest BCUT2D eigenvalue weighted by Gasteiger charge is -2.16. The van der Waals surface area contributed by atoms with Crippen LogP contribution in [-0.4, -0.2) is 57.9 Å². The topological polar surface area (TPSA) is 63.4 Å². The molecule has 0 amide bonds. The van der Waals surface area contributed by atoms with E-state index in [0.717, 1.165) is 27.8 Å². The second kappa shape index (κ2) is 8.83. The zero-order chi connectivity index (χ0) is 21.1. The summed E-state index contributed by atoms with van der Waals surface area (Å²) in [7, 11) is 3.83. The number of rotatable bonds is 7. The minimum Gasteiger partial charge on any atom is -0.491 e. The average Bonchev–Trinajstić information content (AvgIpc) is 3.14. The standard InChI is InChI=1S/C23H23ClN4O2/c1-27(2)12-18(29)14-30-19-10-8-16(9-11-19)20-13-28(17-6-4-3-5-7-17)23-21(20)22(24)25-15-26-23/h3-11,13,15,18,29H,12,14H2,1-2H3. The third-order valence-corrected chi connectivity index (χ3v) is 5.04. The third-order valence-electron chi connectivity index (χ3n) is 4.75. The van der Waals surface area contributed by atoms with Gasteiger partial charge in [-0.05, 0) is 43.9 Å². The molecule has 0 aliphatic carbocycles. The van der Waals surface area contributed by atoms with Crippen LogP contribution in [0.1, 0.15) is 0 Å². The lowest BCUT2D eigenvalue weighted by atomic mass is 10.1. The summed E-state index contributed by atoms with van der Waals surface area (Å²) in [4.78, 5) is 10.6. The first-order valence-corrected chi connectivity index (χ1v) is 10.0. The summed E-state index contributed by atoms with van der Waals surface area (Å²) in [5.41, 5.74) is 3.67. The first-order chi connectivity index (χ1) is 14.5. The quantitative estimate of drug-likeness (QED) is 0.455. The van der Waals surface area contributed by atoms with E-state index >= 15 is 0 Å². The Morgan fingerprint density at radius 1 is 1.07 bits per heavy atom. The number of hydrogen-bond donors (Lipinski definition) is 1. The lowest BCUT2D eigenvalue weighted by Crippen LogP contribution is -2.30. The van der Waals surface area contributed by atoms with Crippen molar-refractivity contribution < 1.29 is 9.84 Å². The van der Waals surface area contributed by atoms with Crippen molar-refractivity contribution in [3.63, 3.8) is 0 Å². The Bertz CT molecular complexity index is 1130. The van der Waals surface area contributed by atoms with Crippen LogP contribution in [0, 0.1) is 0 Å². The predicted octanol–water partition coefficient (Wildman–Crippen LogP) is 4.04. The Balaban J connectivity index is 1.65. The SMILES string of the molecule is CN(C)CC(O)COc1ccc(-c2cn(-c3ccccc3)c3ncnc(Cl)c23)cc1. The summed E-state index contributed by atoms with van der Waals surface area (Å²) >= 11 is 6.45. The van der Waals surface area contributed by atoms with Crippen LogP contribution in [0.2, 0.25) is 5.15 Å². The van der Waals surface area contributed by atoms with E-state index in [0.29, 0.717) is 17.4 Å². The highest BCUT2D eigenvalue weighted by Gasteiger charge is 2.16. The van der Waals surface area contributed by atoms with Crippen molar-refractivity contribution in [1.82, 2.24) is 19.4 Å². The van der Waals surface area contributed by atoms with Gasteiger partial charge in [-0.3, -0.25) is 0 Å². The van der Waals surface area contributed by atoms with Crippen LogP contribution >= 0.6 is 11.6 Å². The summed E-state index contributed by atoms with van der Waals surface area (Å²) in [6, 6.07) is 17.7. The second-order valence-electron chi connectivity index (χ2n) is 7.36. The average molecular weight is 423 g/mol. The molecule has 0 spiro atoms. The number of para-hydroxylation sites is 1. The molecule has 1 unspecified atom stereocenters. The van der Waals surface area contributed by atoms with Crippen molar-refractivity contribution in [3.05, 3.63) is 72.3 Å². The maximum Gasteiger partial charge on any atom is 0.150 e. The highest BCUT2D eigenvalue weighted by Crippen LogP contribution is 2.35. The minimum atomic E-state index is -0.542. The van der Waals surface area contributed by atoms with Gasteiger partial charge >= 0.3 is 0 Å². The number of halogens is 1. The predicted molar refractivity (Wildman–Crippen MR) is 119 cm³/mol. The number of fused-ring (bicyclic) bond motifs is 1. The summed E-state index contributed by atoms with van der Waals surface area (Å²) in [6.07, 6.45) is 2.96. The van der Waals surface area contributed by atoms with E-state index < -0.39 is 6.10 Å². The molecule has 2 heterocycles. The zero-order valence-electron chi connectivity index (χ0n) is 16.9. The number of nitrogens with zero attached hydrogens (tertiary/aromatic N) is 4. The first-order valence-electron chi connectivity index (χ1n) is 9.66. The van der Waals surface area contributed by atoms with Crippen molar-refractivity contribution in [3.8, 4) is 22.6 Å². The van der Waals surface area contributed by atoms with Gasteiger partial charge in [0.2, 0.25) is 0 Å². The van der Waals surface area contributed by atoms with Gasteiger partial charge in [0.1, 0.15) is 35.6 Å². The number of aromatic nitrogens is 3. The lowest BCUT2D eigenvalue weighted by molar-refractivity contribution is 0.0831.